The zero-order valence-electron chi connectivity index (χ0n) is 24.3. The number of halogens is 1. The van der Waals surface area contributed by atoms with Gasteiger partial charge in [-0.3, -0.25) is 19.8 Å². The number of rotatable bonds is 5. The summed E-state index contributed by atoms with van der Waals surface area (Å²) in [4.78, 5) is 48.9. The van der Waals surface area contributed by atoms with E-state index in [-0.39, 0.29) is 23.7 Å². The van der Waals surface area contributed by atoms with Gasteiger partial charge in [-0.1, -0.05) is 37.3 Å². The quantitative estimate of drug-likeness (QED) is 0.551. The number of benzene rings is 2. The maximum absolute atomic E-state index is 15.2. The fourth-order valence-corrected chi connectivity index (χ4v) is 6.17. The van der Waals surface area contributed by atoms with E-state index in [4.69, 9.17) is 4.74 Å². The van der Waals surface area contributed by atoms with Crippen LogP contribution in [0.2, 0.25) is 0 Å². The summed E-state index contributed by atoms with van der Waals surface area (Å²) in [5, 5.41) is 2.59. The summed E-state index contributed by atoms with van der Waals surface area (Å²) in [5.41, 5.74) is 1.48. The molecule has 1 saturated carbocycles. The summed E-state index contributed by atoms with van der Waals surface area (Å²) in [6.07, 6.45) is 2.82. The first-order valence-corrected chi connectivity index (χ1v) is 14.6. The number of alkyl carbamates (subject to hydrolysis) is 1. The molecule has 6 rings (SSSR count). The van der Waals surface area contributed by atoms with Gasteiger partial charge < -0.3 is 9.64 Å². The van der Waals surface area contributed by atoms with Crippen LogP contribution in [0.25, 0.3) is 0 Å². The van der Waals surface area contributed by atoms with Crippen LogP contribution in [0.1, 0.15) is 70.1 Å². The standard InChI is InChI=1S/C32H39FN4O4/c1-5-22-9-8-11-24-27(23-10-6-7-12-25(23)33)34-29(35-31(40)41-32(2,3)4)30(39)37(28(22)24)19-26(38)36-17-20-13-14-21(18-36)16-15-20/h6-12,20-21,29H,5,13-19H2,1-4H3,(H,35,40). The lowest BCUT2D eigenvalue weighted by atomic mass is 9.84. The number of amides is 3. The molecule has 1 atom stereocenters. The van der Waals surface area contributed by atoms with Gasteiger partial charge in [-0.15, -0.1) is 0 Å². The molecule has 2 saturated heterocycles. The largest absolute Gasteiger partial charge is 0.444 e. The summed E-state index contributed by atoms with van der Waals surface area (Å²) >= 11 is 0. The molecule has 3 amide bonds. The molecule has 41 heavy (non-hydrogen) atoms. The molecule has 0 spiro atoms. The number of aryl methyl sites for hydroxylation is 1. The van der Waals surface area contributed by atoms with Crippen molar-refractivity contribution < 1.29 is 23.5 Å². The van der Waals surface area contributed by atoms with Gasteiger partial charge in [0.1, 0.15) is 18.0 Å². The minimum absolute atomic E-state index is 0.139. The zero-order valence-corrected chi connectivity index (χ0v) is 24.3. The van der Waals surface area contributed by atoms with Crippen LogP contribution in [0.5, 0.6) is 0 Å². The highest BCUT2D eigenvalue weighted by molar-refractivity contribution is 6.21. The SMILES string of the molecule is CCc1cccc2c1N(CC(=O)N1CC3CCC(CC3)C1)C(=O)C(NC(=O)OC(C)(C)C)N=C2c1ccccc1F. The summed E-state index contributed by atoms with van der Waals surface area (Å²) < 4.78 is 20.6. The molecule has 3 heterocycles. The van der Waals surface area contributed by atoms with Gasteiger partial charge in [0.25, 0.3) is 5.91 Å². The van der Waals surface area contributed by atoms with Crippen LogP contribution >= 0.6 is 0 Å². The normalized spacial score (nSPS) is 22.4. The van der Waals surface area contributed by atoms with Gasteiger partial charge in [0, 0.05) is 24.2 Å². The van der Waals surface area contributed by atoms with Crippen LogP contribution in [0.4, 0.5) is 14.9 Å². The fourth-order valence-electron chi connectivity index (χ4n) is 6.17. The van der Waals surface area contributed by atoms with E-state index in [1.165, 1.54) is 11.0 Å². The van der Waals surface area contributed by atoms with Gasteiger partial charge in [0.05, 0.1) is 11.4 Å². The Bertz CT molecular complexity index is 1350. The van der Waals surface area contributed by atoms with Gasteiger partial charge in [0.2, 0.25) is 12.1 Å². The van der Waals surface area contributed by atoms with Crippen molar-refractivity contribution >= 4 is 29.3 Å². The molecule has 1 aliphatic carbocycles. The highest BCUT2D eigenvalue weighted by atomic mass is 19.1. The maximum atomic E-state index is 15.2. The minimum atomic E-state index is -1.43. The molecule has 2 aromatic carbocycles. The Kier molecular flexibility index (Phi) is 8.16. The summed E-state index contributed by atoms with van der Waals surface area (Å²) in [6, 6.07) is 11.7. The van der Waals surface area contributed by atoms with Crippen molar-refractivity contribution in [2.75, 3.05) is 24.5 Å². The van der Waals surface area contributed by atoms with Gasteiger partial charge in [0.15, 0.2) is 0 Å². The Morgan fingerprint density at radius 1 is 1.00 bits per heavy atom. The predicted octanol–water partition coefficient (Wildman–Crippen LogP) is 5.07. The number of hydrogen-bond acceptors (Lipinski definition) is 5. The summed E-state index contributed by atoms with van der Waals surface area (Å²) in [5.74, 6) is -0.260. The van der Waals surface area contributed by atoms with Crippen molar-refractivity contribution in [3.8, 4) is 0 Å². The molecule has 0 aromatic heterocycles. The predicted molar refractivity (Wildman–Crippen MR) is 155 cm³/mol. The van der Waals surface area contributed by atoms with Crippen LogP contribution in [0, 0.1) is 17.7 Å². The Hall–Kier alpha value is -3.75. The molecule has 3 fully saturated rings. The van der Waals surface area contributed by atoms with Crippen LogP contribution in [0.15, 0.2) is 47.5 Å². The van der Waals surface area contributed by atoms with Crippen molar-refractivity contribution in [2.24, 2.45) is 16.8 Å². The number of fused-ring (bicyclic) bond motifs is 5. The molecule has 9 heteroatoms. The number of carbonyl (C=O) groups is 3. The first kappa shape index (κ1) is 28.8. The topological polar surface area (TPSA) is 91.3 Å². The van der Waals surface area contributed by atoms with Crippen molar-refractivity contribution in [3.05, 3.63) is 65.0 Å². The number of anilines is 1. The first-order valence-electron chi connectivity index (χ1n) is 14.6. The van der Waals surface area contributed by atoms with E-state index in [0.29, 0.717) is 42.6 Å². The van der Waals surface area contributed by atoms with Gasteiger partial charge in [-0.25, -0.2) is 14.2 Å². The second-order valence-electron chi connectivity index (χ2n) is 12.3. The monoisotopic (exact) mass is 562 g/mol. The van der Waals surface area contributed by atoms with Crippen molar-refractivity contribution in [1.82, 2.24) is 10.2 Å². The molecule has 3 aliphatic heterocycles. The Labute approximate surface area is 240 Å². The Morgan fingerprint density at radius 2 is 1.63 bits per heavy atom. The molecule has 1 unspecified atom stereocenters. The van der Waals surface area contributed by atoms with E-state index in [0.717, 1.165) is 31.2 Å². The molecule has 1 N–H and O–H groups in total. The number of hydrogen-bond donors (Lipinski definition) is 1. The van der Waals surface area contributed by atoms with E-state index >= 15 is 4.39 Å². The number of para-hydroxylation sites is 1. The maximum Gasteiger partial charge on any atom is 0.409 e. The average molecular weight is 563 g/mol. The molecule has 218 valence electrons. The van der Waals surface area contributed by atoms with Gasteiger partial charge in [-0.05, 0) is 82.4 Å². The van der Waals surface area contributed by atoms with Crippen LogP contribution in [0.3, 0.4) is 0 Å². The second kappa shape index (κ2) is 11.6. The number of carbonyl (C=O) groups excluding carboxylic acids is 3. The van der Waals surface area contributed by atoms with E-state index in [2.05, 4.69) is 10.3 Å². The number of benzodiazepines with no additional fused rings is 1. The molecule has 0 radical (unpaired) electrons. The second-order valence-corrected chi connectivity index (χ2v) is 12.3. The highest BCUT2D eigenvalue weighted by Crippen LogP contribution is 2.36. The first-order chi connectivity index (χ1) is 19.5. The number of aliphatic imine (C=N–C) groups is 1. The third-order valence-corrected chi connectivity index (χ3v) is 8.14. The fraction of sp³-hybridized carbons (Fsp3) is 0.500. The van der Waals surface area contributed by atoms with Gasteiger partial charge in [-0.2, -0.15) is 0 Å². The van der Waals surface area contributed by atoms with E-state index in [1.807, 2.05) is 24.0 Å². The van der Waals surface area contributed by atoms with Crippen molar-refractivity contribution in [3.63, 3.8) is 0 Å². The lowest BCUT2D eigenvalue weighted by Gasteiger charge is -2.30. The Morgan fingerprint density at radius 3 is 2.24 bits per heavy atom. The van der Waals surface area contributed by atoms with E-state index in [9.17, 15) is 14.4 Å². The number of ether oxygens (including phenoxy) is 1. The Balaban J connectivity index is 1.59. The van der Waals surface area contributed by atoms with Gasteiger partial charge >= 0.3 is 6.09 Å². The minimum Gasteiger partial charge on any atom is -0.444 e. The zero-order chi connectivity index (χ0) is 29.3. The molecular weight excluding hydrogens is 523 g/mol. The van der Waals surface area contributed by atoms with Crippen molar-refractivity contribution in [2.45, 2.75) is 71.6 Å². The smallest absolute Gasteiger partial charge is 0.409 e. The number of nitrogens with one attached hydrogen (secondary N) is 1. The van der Waals surface area contributed by atoms with Crippen LogP contribution < -0.4 is 10.2 Å². The van der Waals surface area contributed by atoms with Crippen molar-refractivity contribution in [1.29, 1.82) is 0 Å². The average Bonchev–Trinajstić information content (AvgIpc) is 3.31. The lowest BCUT2D eigenvalue weighted by molar-refractivity contribution is -0.132. The van der Waals surface area contributed by atoms with Crippen LogP contribution in [-0.2, 0) is 20.7 Å². The highest BCUT2D eigenvalue weighted by Gasteiger charge is 2.38. The van der Waals surface area contributed by atoms with E-state index in [1.54, 1.807) is 45.0 Å². The molecular formula is C32H39FN4O4. The summed E-state index contributed by atoms with van der Waals surface area (Å²) in [7, 11) is 0. The lowest BCUT2D eigenvalue weighted by Crippen LogP contribution is -2.52. The third kappa shape index (κ3) is 6.29. The molecule has 4 aliphatic rings. The van der Waals surface area contributed by atoms with E-state index < -0.39 is 29.6 Å². The summed E-state index contributed by atoms with van der Waals surface area (Å²) in [6.45, 7) is 8.31. The third-order valence-electron chi connectivity index (χ3n) is 8.14. The molecule has 2 bridgehead atoms. The van der Waals surface area contributed by atoms with Crippen LogP contribution in [-0.4, -0.2) is 59.9 Å². The molecule has 8 nitrogen and oxygen atoms in total. The molecule has 2 aromatic rings. The number of nitrogens with zero attached hydrogens (tertiary/aromatic N) is 3.